The number of rotatable bonds is 4. The van der Waals surface area contributed by atoms with Crippen LogP contribution >= 0.6 is 11.8 Å². The van der Waals surface area contributed by atoms with Gasteiger partial charge in [-0.2, -0.15) is 39.3 Å². The van der Waals surface area contributed by atoms with E-state index in [1.807, 2.05) is 41.3 Å². The van der Waals surface area contributed by atoms with Gasteiger partial charge in [-0.3, -0.25) is 0 Å². The Kier molecular flexibility index (Phi) is 5.72. The molecule has 9 heteroatoms. The molecular formula is C20H18F3N3O2S. The molecule has 29 heavy (non-hydrogen) atoms. The summed E-state index contributed by atoms with van der Waals surface area (Å²) in [5.41, 5.74) is 0.791. The average molecular weight is 421 g/mol. The van der Waals surface area contributed by atoms with Gasteiger partial charge in [-0.05, 0) is 36.6 Å². The smallest absolute Gasteiger partial charge is 0.416 e. The van der Waals surface area contributed by atoms with E-state index >= 15 is 0 Å². The van der Waals surface area contributed by atoms with E-state index in [0.717, 1.165) is 28.7 Å². The molecule has 0 radical (unpaired) electrons. The van der Waals surface area contributed by atoms with Crippen LogP contribution in [0.25, 0.3) is 27.5 Å². The van der Waals surface area contributed by atoms with E-state index in [9.17, 15) is 18.3 Å². The lowest BCUT2D eigenvalue weighted by atomic mass is 10.1. The quantitative estimate of drug-likeness (QED) is 0.497. The summed E-state index contributed by atoms with van der Waals surface area (Å²) in [6.45, 7) is 0.675. The van der Waals surface area contributed by atoms with Gasteiger partial charge in [0.15, 0.2) is 18.3 Å². The number of halogens is 3. The fourth-order valence-electron chi connectivity index (χ4n) is 3.24. The van der Waals surface area contributed by atoms with E-state index in [1.165, 1.54) is 16.8 Å². The van der Waals surface area contributed by atoms with E-state index in [4.69, 9.17) is 0 Å². The van der Waals surface area contributed by atoms with Gasteiger partial charge >= 0.3 is 6.18 Å². The summed E-state index contributed by atoms with van der Waals surface area (Å²) in [5.74, 6) is 0.754. The fourth-order valence-corrected chi connectivity index (χ4v) is 3.62. The van der Waals surface area contributed by atoms with Crippen molar-refractivity contribution in [2.24, 2.45) is 0 Å². The second kappa shape index (κ2) is 7.92. The number of fused-ring (bicyclic) bond motifs is 3. The molecule has 2 N–H and O–H groups in total. The number of pyridine rings is 1. The summed E-state index contributed by atoms with van der Waals surface area (Å²) in [5, 5.41) is 17.2. The van der Waals surface area contributed by atoms with Gasteiger partial charge in [-0.15, -0.1) is 0 Å². The number of aromatic hydroxyl groups is 1. The minimum atomic E-state index is -4.41. The number of hydrogen-bond acceptors (Lipinski definition) is 4. The largest absolute Gasteiger partial charge is 0.870 e. The molecule has 2 aromatic heterocycles. The number of alkyl halides is 3. The first-order valence-electron chi connectivity index (χ1n) is 8.59. The Labute approximate surface area is 168 Å². The molecular weight excluding hydrogens is 403 g/mol. The Morgan fingerprint density at radius 3 is 2.45 bits per heavy atom. The third-order valence-corrected chi connectivity index (χ3v) is 5.20. The maximum absolute atomic E-state index is 12.8. The van der Waals surface area contributed by atoms with Crippen LogP contribution in [-0.2, 0) is 12.7 Å². The van der Waals surface area contributed by atoms with Crippen LogP contribution in [0.3, 0.4) is 0 Å². The molecule has 2 aromatic carbocycles. The van der Waals surface area contributed by atoms with Gasteiger partial charge in [0.2, 0.25) is 0 Å². The Morgan fingerprint density at radius 2 is 1.79 bits per heavy atom. The summed E-state index contributed by atoms with van der Waals surface area (Å²) in [7, 11) is 0. The van der Waals surface area contributed by atoms with Gasteiger partial charge in [0.05, 0.1) is 17.0 Å². The lowest BCUT2D eigenvalue weighted by Gasteiger charge is -2.07. The van der Waals surface area contributed by atoms with Gasteiger partial charge in [0.1, 0.15) is 0 Å². The highest BCUT2D eigenvalue weighted by molar-refractivity contribution is 7.98. The van der Waals surface area contributed by atoms with Crippen molar-refractivity contribution in [1.29, 1.82) is 0 Å². The Balaban J connectivity index is 0.00000240. The molecule has 0 amide bonds. The zero-order chi connectivity index (χ0) is 19.9. The molecule has 0 unspecified atom stereocenters. The molecule has 0 aliphatic rings. The van der Waals surface area contributed by atoms with Crippen LogP contribution in [0.4, 0.5) is 13.2 Å². The Hall–Kier alpha value is -2.78. The summed E-state index contributed by atoms with van der Waals surface area (Å²) in [4.78, 5) is 0. The minimum absolute atomic E-state index is 0. The molecule has 0 aliphatic heterocycles. The molecule has 2 heterocycles. The predicted octanol–water partition coefficient (Wildman–Crippen LogP) is 4.38. The van der Waals surface area contributed by atoms with E-state index in [-0.39, 0.29) is 11.4 Å². The summed E-state index contributed by atoms with van der Waals surface area (Å²) in [6, 6.07) is 12.3. The lowest BCUT2D eigenvalue weighted by Crippen LogP contribution is -2.35. The standard InChI is InChI=1S/C20H16F3N3OS.H2O/c1-28-11-10-25-12-13-4-2-3-5-16(13)17-18(25)19(27)26(24-17)15-8-6-14(7-9-15)20(21,22)23;/h2-9,12H,10-11H2,1H3;1H2. The second-order valence-corrected chi connectivity index (χ2v) is 7.37. The second-order valence-electron chi connectivity index (χ2n) is 6.38. The summed E-state index contributed by atoms with van der Waals surface area (Å²) >= 11 is 1.69. The van der Waals surface area contributed by atoms with Crippen LogP contribution in [-0.4, -0.2) is 32.4 Å². The van der Waals surface area contributed by atoms with Crippen LogP contribution in [0.1, 0.15) is 5.56 Å². The number of nitrogens with zero attached hydrogens (tertiary/aromatic N) is 3. The van der Waals surface area contributed by atoms with Crippen LogP contribution < -0.4 is 4.57 Å². The van der Waals surface area contributed by atoms with E-state index in [2.05, 4.69) is 5.10 Å². The molecule has 152 valence electrons. The van der Waals surface area contributed by atoms with Gasteiger partial charge in [0.25, 0.3) is 11.4 Å². The highest BCUT2D eigenvalue weighted by Gasteiger charge is 2.30. The van der Waals surface area contributed by atoms with E-state index in [1.54, 1.807) is 11.8 Å². The molecule has 0 saturated carbocycles. The van der Waals surface area contributed by atoms with Crippen molar-refractivity contribution in [1.82, 2.24) is 9.78 Å². The van der Waals surface area contributed by atoms with Crippen molar-refractivity contribution in [2.45, 2.75) is 12.7 Å². The number of thioether (sulfide) groups is 1. The SMILES string of the molecule is CSCC[n+]1cc2ccccc2c2nn(-c3ccc(C(F)(F)F)cc3)c(O)c21.[OH-]. The first kappa shape index (κ1) is 20.9. The maximum Gasteiger partial charge on any atom is 0.416 e. The number of aryl methyl sites for hydroxylation is 1. The number of benzene rings is 2. The maximum atomic E-state index is 12.8. The van der Waals surface area contributed by atoms with Gasteiger partial charge in [0, 0.05) is 10.8 Å². The molecule has 0 saturated heterocycles. The third kappa shape index (κ3) is 3.75. The lowest BCUT2D eigenvalue weighted by molar-refractivity contribution is -0.665. The van der Waals surface area contributed by atoms with Crippen molar-refractivity contribution < 1.29 is 28.3 Å². The normalized spacial score (nSPS) is 11.7. The van der Waals surface area contributed by atoms with Crippen LogP contribution in [0, 0.1) is 0 Å². The first-order chi connectivity index (χ1) is 13.4. The number of aromatic nitrogens is 3. The van der Waals surface area contributed by atoms with Crippen molar-refractivity contribution in [3.63, 3.8) is 0 Å². The van der Waals surface area contributed by atoms with E-state index in [0.29, 0.717) is 23.3 Å². The molecule has 0 aliphatic carbocycles. The zero-order valence-corrected chi connectivity index (χ0v) is 16.2. The van der Waals surface area contributed by atoms with Crippen LogP contribution in [0.2, 0.25) is 0 Å². The molecule has 4 rings (SSSR count). The van der Waals surface area contributed by atoms with Crippen molar-refractivity contribution in [2.75, 3.05) is 12.0 Å². The van der Waals surface area contributed by atoms with Crippen molar-refractivity contribution in [3.8, 4) is 11.6 Å². The average Bonchev–Trinajstić information content (AvgIpc) is 3.03. The highest BCUT2D eigenvalue weighted by Crippen LogP contribution is 2.32. The number of hydrogen-bond donors (Lipinski definition) is 1. The van der Waals surface area contributed by atoms with Gasteiger partial charge in [-0.25, -0.2) is 0 Å². The highest BCUT2D eigenvalue weighted by atomic mass is 32.2. The molecule has 0 spiro atoms. The van der Waals surface area contributed by atoms with Gasteiger partial charge < -0.3 is 10.6 Å². The predicted molar refractivity (Wildman–Crippen MR) is 106 cm³/mol. The molecule has 0 fully saturated rings. The van der Waals surface area contributed by atoms with E-state index < -0.39 is 11.7 Å². The van der Waals surface area contributed by atoms with Crippen molar-refractivity contribution >= 4 is 33.6 Å². The third-order valence-electron chi connectivity index (χ3n) is 4.61. The molecule has 0 bridgehead atoms. The molecule has 0 atom stereocenters. The first-order valence-corrected chi connectivity index (χ1v) is 9.99. The Bertz CT molecular complexity index is 1160. The van der Waals surface area contributed by atoms with Gasteiger partial charge in [-0.1, -0.05) is 18.2 Å². The van der Waals surface area contributed by atoms with Crippen molar-refractivity contribution in [3.05, 3.63) is 60.3 Å². The minimum Gasteiger partial charge on any atom is -0.870 e. The van der Waals surface area contributed by atoms with Crippen LogP contribution in [0.15, 0.2) is 54.7 Å². The summed E-state index contributed by atoms with van der Waals surface area (Å²) in [6.07, 6.45) is -0.441. The Morgan fingerprint density at radius 1 is 1.10 bits per heavy atom. The molecule has 5 nitrogen and oxygen atoms in total. The topological polar surface area (TPSA) is 71.9 Å². The zero-order valence-electron chi connectivity index (χ0n) is 15.4. The van der Waals surface area contributed by atoms with Crippen LogP contribution in [0.5, 0.6) is 5.88 Å². The molecule has 4 aromatic rings. The fraction of sp³-hybridized carbons (Fsp3) is 0.200. The monoisotopic (exact) mass is 421 g/mol. The summed E-state index contributed by atoms with van der Waals surface area (Å²) < 4.78 is 41.7.